The van der Waals surface area contributed by atoms with Gasteiger partial charge in [-0.1, -0.05) is 6.58 Å². The Kier molecular flexibility index (Phi) is 3.09. The maximum atomic E-state index is 10.5. The predicted molar refractivity (Wildman–Crippen MR) is 41.2 cm³/mol. The first-order chi connectivity index (χ1) is 4.48. The number of primary amides is 1. The van der Waals surface area contributed by atoms with Gasteiger partial charge in [0.25, 0.3) is 5.91 Å². The molecule has 0 aliphatic rings. The van der Waals surface area contributed by atoms with Crippen molar-refractivity contribution in [2.24, 2.45) is 5.73 Å². The number of carbonyl (C=O) groups excluding carboxylic acids is 1. The minimum atomic E-state index is -0.271. The van der Waals surface area contributed by atoms with Gasteiger partial charge in [-0.2, -0.15) is 0 Å². The second-order valence-corrected chi connectivity index (χ2v) is 3.03. The van der Waals surface area contributed by atoms with Crippen LogP contribution < -0.4 is 5.73 Å². The molecule has 0 aliphatic heterocycles. The van der Waals surface area contributed by atoms with E-state index in [1.54, 1.807) is 6.08 Å². The summed E-state index contributed by atoms with van der Waals surface area (Å²) in [5, 5.41) is 0. The fourth-order valence-corrected chi connectivity index (χ4v) is 0.836. The maximum absolute atomic E-state index is 10.5. The van der Waals surface area contributed by atoms with Gasteiger partial charge in [-0.05, 0) is 6.08 Å². The molecule has 3 heteroatoms. The van der Waals surface area contributed by atoms with E-state index in [1.165, 1.54) is 0 Å². The average Bonchev–Trinajstić information content (AvgIpc) is 1.59. The van der Waals surface area contributed by atoms with Crippen LogP contribution in [-0.4, -0.2) is 37.6 Å². The highest BCUT2D eigenvalue weighted by atomic mass is 16.1. The van der Waals surface area contributed by atoms with Crippen LogP contribution in [0.5, 0.6) is 0 Å². The zero-order chi connectivity index (χ0) is 8.20. The Morgan fingerprint density at radius 1 is 1.70 bits per heavy atom. The molecular weight excluding hydrogens is 128 g/mol. The van der Waals surface area contributed by atoms with Gasteiger partial charge in [0.15, 0.2) is 6.54 Å². The summed E-state index contributed by atoms with van der Waals surface area (Å²) in [7, 11) is 3.87. The number of carbonyl (C=O) groups is 1. The summed E-state index contributed by atoms with van der Waals surface area (Å²) < 4.78 is 0.582. The fraction of sp³-hybridized carbons (Fsp3) is 0.571. The molecule has 0 aromatic carbocycles. The van der Waals surface area contributed by atoms with Crippen LogP contribution in [0.4, 0.5) is 0 Å². The molecule has 0 aromatic heterocycles. The Balaban J connectivity index is 3.85. The van der Waals surface area contributed by atoms with Gasteiger partial charge in [0.1, 0.15) is 0 Å². The van der Waals surface area contributed by atoms with Gasteiger partial charge in [0.05, 0.1) is 20.6 Å². The van der Waals surface area contributed by atoms with Gasteiger partial charge in [0, 0.05) is 0 Å². The van der Waals surface area contributed by atoms with E-state index in [-0.39, 0.29) is 5.91 Å². The summed E-state index contributed by atoms with van der Waals surface area (Å²) >= 11 is 0. The normalized spacial score (nSPS) is 11.0. The molecule has 58 valence electrons. The molecule has 0 unspecified atom stereocenters. The van der Waals surface area contributed by atoms with Gasteiger partial charge in [0.2, 0.25) is 0 Å². The average molecular weight is 143 g/mol. The third-order valence-corrected chi connectivity index (χ3v) is 1.21. The van der Waals surface area contributed by atoms with Crippen molar-refractivity contribution >= 4 is 5.91 Å². The van der Waals surface area contributed by atoms with Crippen molar-refractivity contribution in [3.05, 3.63) is 12.7 Å². The lowest BCUT2D eigenvalue weighted by Crippen LogP contribution is -2.45. The van der Waals surface area contributed by atoms with E-state index < -0.39 is 0 Å². The molecule has 0 saturated heterocycles. The first kappa shape index (κ1) is 9.17. The summed E-state index contributed by atoms with van der Waals surface area (Å²) in [5.74, 6) is -0.271. The number of amides is 1. The predicted octanol–water partition coefficient (Wildman–Crippen LogP) is -0.266. The Labute approximate surface area is 61.7 Å². The van der Waals surface area contributed by atoms with Gasteiger partial charge < -0.3 is 10.2 Å². The molecule has 0 bridgehead atoms. The molecule has 1 amide bonds. The van der Waals surface area contributed by atoms with E-state index in [4.69, 9.17) is 5.73 Å². The monoisotopic (exact) mass is 143 g/mol. The van der Waals surface area contributed by atoms with Crippen LogP contribution in [0.25, 0.3) is 0 Å². The first-order valence-electron chi connectivity index (χ1n) is 3.19. The Hall–Kier alpha value is -0.830. The standard InChI is InChI=1S/C7H14N2O/c1-4-5-9(2,3)6-7(8)10/h4H,1,5-6H2,2-3H3,(H-,8,10)/p+1. The highest BCUT2D eigenvalue weighted by Crippen LogP contribution is 1.94. The van der Waals surface area contributed by atoms with Crippen LogP contribution in [-0.2, 0) is 4.79 Å². The Morgan fingerprint density at radius 3 is 2.50 bits per heavy atom. The van der Waals surface area contributed by atoms with E-state index in [0.29, 0.717) is 11.0 Å². The van der Waals surface area contributed by atoms with Crippen LogP contribution in [0.3, 0.4) is 0 Å². The van der Waals surface area contributed by atoms with Crippen LogP contribution in [0.1, 0.15) is 0 Å². The summed E-state index contributed by atoms with van der Waals surface area (Å²) in [4.78, 5) is 10.5. The van der Waals surface area contributed by atoms with Crippen molar-refractivity contribution in [2.75, 3.05) is 27.2 Å². The van der Waals surface area contributed by atoms with Crippen LogP contribution in [0.2, 0.25) is 0 Å². The first-order valence-corrected chi connectivity index (χ1v) is 3.19. The van der Waals surface area contributed by atoms with Gasteiger partial charge in [-0.25, -0.2) is 0 Å². The molecule has 0 spiro atoms. The van der Waals surface area contributed by atoms with Crippen LogP contribution in [0.15, 0.2) is 12.7 Å². The van der Waals surface area contributed by atoms with E-state index >= 15 is 0 Å². The minimum Gasteiger partial charge on any atom is -0.365 e. The molecule has 0 atom stereocenters. The summed E-state index contributed by atoms with van der Waals surface area (Å²) in [6.07, 6.45) is 1.78. The molecule has 0 heterocycles. The molecule has 10 heavy (non-hydrogen) atoms. The number of rotatable bonds is 4. The third-order valence-electron chi connectivity index (χ3n) is 1.21. The third kappa shape index (κ3) is 4.09. The lowest BCUT2D eigenvalue weighted by molar-refractivity contribution is -0.876. The summed E-state index contributed by atoms with van der Waals surface area (Å²) in [5.41, 5.74) is 5.02. The molecule has 0 aliphatic carbocycles. The zero-order valence-electron chi connectivity index (χ0n) is 6.63. The molecule has 0 rings (SSSR count). The largest absolute Gasteiger partial charge is 0.365 e. The van der Waals surface area contributed by atoms with Gasteiger partial charge >= 0.3 is 0 Å². The molecule has 0 aromatic rings. The van der Waals surface area contributed by atoms with Crippen molar-refractivity contribution < 1.29 is 9.28 Å². The summed E-state index contributed by atoms with van der Waals surface area (Å²) in [6, 6.07) is 0. The lowest BCUT2D eigenvalue weighted by atomic mass is 10.4. The number of hydrogen-bond donors (Lipinski definition) is 1. The number of likely N-dealkylation sites (N-methyl/N-ethyl adjacent to an activating group) is 1. The minimum absolute atomic E-state index is 0.271. The van der Waals surface area contributed by atoms with Crippen molar-refractivity contribution in [2.45, 2.75) is 0 Å². The number of hydrogen-bond acceptors (Lipinski definition) is 1. The molecule has 3 nitrogen and oxygen atoms in total. The highest BCUT2D eigenvalue weighted by Gasteiger charge is 2.15. The topological polar surface area (TPSA) is 43.1 Å². The zero-order valence-corrected chi connectivity index (χ0v) is 6.63. The second kappa shape index (κ2) is 3.37. The van der Waals surface area contributed by atoms with Crippen molar-refractivity contribution in [3.8, 4) is 0 Å². The van der Waals surface area contributed by atoms with E-state index in [0.717, 1.165) is 6.54 Å². The van der Waals surface area contributed by atoms with Crippen molar-refractivity contribution in [1.82, 2.24) is 0 Å². The quantitative estimate of drug-likeness (QED) is 0.427. The second-order valence-electron chi connectivity index (χ2n) is 3.03. The number of quaternary nitrogens is 1. The molecule has 0 saturated carbocycles. The SMILES string of the molecule is C=CC[N+](C)(C)CC(N)=O. The Bertz CT molecular complexity index is 141. The van der Waals surface area contributed by atoms with E-state index in [9.17, 15) is 4.79 Å². The smallest absolute Gasteiger partial charge is 0.272 e. The van der Waals surface area contributed by atoms with E-state index in [2.05, 4.69) is 6.58 Å². The number of nitrogens with zero attached hydrogens (tertiary/aromatic N) is 1. The van der Waals surface area contributed by atoms with Crippen molar-refractivity contribution in [1.29, 1.82) is 0 Å². The molecule has 2 N–H and O–H groups in total. The van der Waals surface area contributed by atoms with E-state index in [1.807, 2.05) is 14.1 Å². The number of nitrogens with two attached hydrogens (primary N) is 1. The molecule has 0 radical (unpaired) electrons. The fourth-order valence-electron chi connectivity index (χ4n) is 0.836. The van der Waals surface area contributed by atoms with Crippen LogP contribution >= 0.6 is 0 Å². The molecular formula is C7H15N2O+. The highest BCUT2D eigenvalue weighted by molar-refractivity contribution is 5.74. The Morgan fingerprint density at radius 2 is 2.20 bits per heavy atom. The molecule has 0 fully saturated rings. The maximum Gasteiger partial charge on any atom is 0.272 e. The lowest BCUT2D eigenvalue weighted by Gasteiger charge is -2.26. The summed E-state index contributed by atoms with van der Waals surface area (Å²) in [6.45, 7) is 4.72. The van der Waals surface area contributed by atoms with Crippen LogP contribution in [0, 0.1) is 0 Å². The van der Waals surface area contributed by atoms with Gasteiger partial charge in [-0.15, -0.1) is 0 Å². The van der Waals surface area contributed by atoms with Crippen molar-refractivity contribution in [3.63, 3.8) is 0 Å². The van der Waals surface area contributed by atoms with Gasteiger partial charge in [-0.3, -0.25) is 4.79 Å².